The average Bonchev–Trinajstić information content (AvgIpc) is 2.27. The molecule has 0 spiro atoms. The molecule has 0 atom stereocenters. The highest BCUT2D eigenvalue weighted by atomic mass is 16.5. The van der Waals surface area contributed by atoms with E-state index < -0.39 is 5.97 Å². The number of hydrogen-bond donors (Lipinski definition) is 0. The van der Waals surface area contributed by atoms with Crippen molar-refractivity contribution in [2.75, 3.05) is 7.11 Å². The fraction of sp³-hybridized carbons (Fsp3) is 0.111. The Kier molecular flexibility index (Phi) is 2.78. The van der Waals surface area contributed by atoms with E-state index in [0.29, 0.717) is 0 Å². The lowest BCUT2D eigenvalue weighted by Crippen LogP contribution is -2.03. The molecule has 0 bridgehead atoms. The van der Waals surface area contributed by atoms with E-state index in [1.807, 2.05) is 0 Å². The number of methoxy groups -OCH3 is 1. The molecule has 0 aliphatic rings. The number of aromatic nitrogens is 1. The summed E-state index contributed by atoms with van der Waals surface area (Å²) in [5.74, 6) is -0.597. The molecule has 0 saturated carbocycles. The lowest BCUT2D eigenvalue weighted by atomic mass is 10.2. The van der Waals surface area contributed by atoms with Crippen molar-refractivity contribution in [3.63, 3.8) is 0 Å². The highest BCUT2D eigenvalue weighted by Crippen LogP contribution is 2.06. The smallest absolute Gasteiger partial charge is 0.338 e. The van der Waals surface area contributed by atoms with Gasteiger partial charge in [-0.25, -0.2) is 9.78 Å². The number of rotatable bonds is 1. The van der Waals surface area contributed by atoms with E-state index in [1.54, 1.807) is 12.1 Å². The van der Waals surface area contributed by atoms with E-state index in [0.717, 1.165) is 0 Å². The minimum absolute atomic E-state index is 0.0180. The third kappa shape index (κ3) is 1.85. The summed E-state index contributed by atoms with van der Waals surface area (Å²) >= 11 is 0. The van der Waals surface area contributed by atoms with Crippen molar-refractivity contribution >= 4 is 5.97 Å². The van der Waals surface area contributed by atoms with Gasteiger partial charge in [0, 0.05) is 0 Å². The number of hydrogen-bond acceptors (Lipinski definition) is 5. The standard InChI is InChI=1S/C9H5N3O2/c1-14-9(13)6-2-7(4-10)12-8(3-6)5-11/h2-3H,1H3. The predicted molar refractivity (Wildman–Crippen MR) is 45.0 cm³/mol. The maximum atomic E-state index is 11.1. The number of pyridine rings is 1. The van der Waals surface area contributed by atoms with Crippen molar-refractivity contribution < 1.29 is 9.53 Å². The number of nitrogens with zero attached hydrogens (tertiary/aromatic N) is 3. The Hall–Kier alpha value is -2.40. The molecule has 68 valence electrons. The van der Waals surface area contributed by atoms with Gasteiger partial charge in [0.1, 0.15) is 23.5 Å². The van der Waals surface area contributed by atoms with Crippen LogP contribution in [0.4, 0.5) is 0 Å². The third-order valence-electron chi connectivity index (χ3n) is 1.48. The zero-order valence-electron chi connectivity index (χ0n) is 7.31. The van der Waals surface area contributed by atoms with E-state index >= 15 is 0 Å². The second-order valence-corrected chi connectivity index (χ2v) is 2.34. The van der Waals surface area contributed by atoms with Crippen LogP contribution in [-0.4, -0.2) is 18.1 Å². The Morgan fingerprint density at radius 1 is 1.36 bits per heavy atom. The van der Waals surface area contributed by atoms with Gasteiger partial charge in [-0.2, -0.15) is 10.5 Å². The fourth-order valence-electron chi connectivity index (χ4n) is 0.881. The number of carbonyl (C=O) groups excluding carboxylic acids is 1. The lowest BCUT2D eigenvalue weighted by Gasteiger charge is -1.99. The van der Waals surface area contributed by atoms with Gasteiger partial charge in [0.25, 0.3) is 0 Å². The number of nitriles is 2. The molecular weight excluding hydrogens is 182 g/mol. The van der Waals surface area contributed by atoms with Crippen molar-refractivity contribution in [2.24, 2.45) is 0 Å². The van der Waals surface area contributed by atoms with Crippen molar-refractivity contribution in [1.29, 1.82) is 10.5 Å². The van der Waals surface area contributed by atoms with Crippen LogP contribution in [0.1, 0.15) is 21.7 Å². The summed E-state index contributed by atoms with van der Waals surface area (Å²) in [7, 11) is 1.22. The molecule has 1 aromatic rings. The molecule has 0 saturated heterocycles. The van der Waals surface area contributed by atoms with Gasteiger partial charge in [-0.3, -0.25) is 0 Å². The lowest BCUT2D eigenvalue weighted by molar-refractivity contribution is 0.0600. The van der Waals surface area contributed by atoms with Crippen LogP contribution in [-0.2, 0) is 4.74 Å². The molecule has 0 aromatic carbocycles. The Bertz CT molecular complexity index is 422. The molecule has 0 radical (unpaired) electrons. The molecule has 0 N–H and O–H groups in total. The molecule has 0 aliphatic heterocycles. The normalized spacial score (nSPS) is 8.50. The van der Waals surface area contributed by atoms with Crippen molar-refractivity contribution in [1.82, 2.24) is 4.98 Å². The quantitative estimate of drug-likeness (QED) is 0.601. The third-order valence-corrected chi connectivity index (χ3v) is 1.48. The average molecular weight is 187 g/mol. The number of carbonyl (C=O) groups is 1. The SMILES string of the molecule is COC(=O)c1cc(C#N)nc(C#N)c1. The first-order valence-corrected chi connectivity index (χ1v) is 3.62. The largest absolute Gasteiger partial charge is 0.465 e. The van der Waals surface area contributed by atoms with E-state index in [4.69, 9.17) is 10.5 Å². The summed E-state index contributed by atoms with van der Waals surface area (Å²) in [5, 5.41) is 17.1. The van der Waals surface area contributed by atoms with Crippen LogP contribution in [0.15, 0.2) is 12.1 Å². The van der Waals surface area contributed by atoms with Gasteiger partial charge in [0.15, 0.2) is 0 Å². The van der Waals surface area contributed by atoms with Crippen LogP contribution in [0.2, 0.25) is 0 Å². The van der Waals surface area contributed by atoms with Gasteiger partial charge in [-0.15, -0.1) is 0 Å². The van der Waals surface area contributed by atoms with E-state index in [9.17, 15) is 4.79 Å². The van der Waals surface area contributed by atoms with Crippen molar-refractivity contribution in [3.05, 3.63) is 29.1 Å². The molecule has 14 heavy (non-hydrogen) atoms. The first kappa shape index (κ1) is 9.69. The topological polar surface area (TPSA) is 86.8 Å². The number of ether oxygens (including phenoxy) is 1. The van der Waals surface area contributed by atoms with Gasteiger partial charge in [0.05, 0.1) is 12.7 Å². The molecule has 1 heterocycles. The number of esters is 1. The maximum Gasteiger partial charge on any atom is 0.338 e. The Morgan fingerprint density at radius 3 is 2.21 bits per heavy atom. The minimum atomic E-state index is -0.597. The molecule has 5 heteroatoms. The second kappa shape index (κ2) is 4.01. The van der Waals surface area contributed by atoms with Gasteiger partial charge in [-0.05, 0) is 12.1 Å². The van der Waals surface area contributed by atoms with E-state index in [-0.39, 0.29) is 17.0 Å². The van der Waals surface area contributed by atoms with Crippen LogP contribution in [0, 0.1) is 22.7 Å². The van der Waals surface area contributed by atoms with Gasteiger partial charge in [0.2, 0.25) is 0 Å². The Labute approximate surface area is 80.2 Å². The molecule has 0 amide bonds. The molecule has 0 fully saturated rings. The summed E-state index contributed by atoms with van der Waals surface area (Å²) in [6.45, 7) is 0. The van der Waals surface area contributed by atoms with Crippen LogP contribution in [0.3, 0.4) is 0 Å². The van der Waals surface area contributed by atoms with E-state index in [2.05, 4.69) is 9.72 Å². The molecule has 0 aliphatic carbocycles. The summed E-state index contributed by atoms with van der Waals surface area (Å²) in [5.41, 5.74) is 0.185. The van der Waals surface area contributed by atoms with Crippen molar-refractivity contribution in [2.45, 2.75) is 0 Å². The molecular formula is C9H5N3O2. The first-order valence-electron chi connectivity index (χ1n) is 3.62. The van der Waals surface area contributed by atoms with Crippen LogP contribution in [0.25, 0.3) is 0 Å². The van der Waals surface area contributed by atoms with Crippen LogP contribution in [0.5, 0.6) is 0 Å². The van der Waals surface area contributed by atoms with Crippen LogP contribution < -0.4 is 0 Å². The van der Waals surface area contributed by atoms with Crippen LogP contribution >= 0.6 is 0 Å². The minimum Gasteiger partial charge on any atom is -0.465 e. The van der Waals surface area contributed by atoms with Gasteiger partial charge in [-0.1, -0.05) is 0 Å². The maximum absolute atomic E-state index is 11.1. The molecule has 1 rings (SSSR count). The highest BCUT2D eigenvalue weighted by Gasteiger charge is 2.09. The molecule has 5 nitrogen and oxygen atoms in total. The monoisotopic (exact) mass is 187 g/mol. The summed E-state index contributed by atoms with van der Waals surface area (Å²) in [4.78, 5) is 14.7. The first-order chi connectivity index (χ1) is 6.71. The Balaban J connectivity index is 3.27. The molecule has 1 aromatic heterocycles. The predicted octanol–water partition coefficient (Wildman–Crippen LogP) is 0.612. The fourth-order valence-corrected chi connectivity index (χ4v) is 0.881. The zero-order chi connectivity index (χ0) is 10.6. The van der Waals surface area contributed by atoms with Gasteiger partial charge < -0.3 is 4.74 Å². The van der Waals surface area contributed by atoms with E-state index in [1.165, 1.54) is 19.2 Å². The second-order valence-electron chi connectivity index (χ2n) is 2.34. The summed E-state index contributed by atoms with van der Waals surface area (Å²) < 4.78 is 4.45. The summed E-state index contributed by atoms with van der Waals surface area (Å²) in [6.07, 6.45) is 0. The zero-order valence-corrected chi connectivity index (χ0v) is 7.31. The highest BCUT2D eigenvalue weighted by molar-refractivity contribution is 5.89. The van der Waals surface area contributed by atoms with Crippen molar-refractivity contribution in [3.8, 4) is 12.1 Å². The molecule has 0 unspecified atom stereocenters. The Morgan fingerprint density at radius 2 is 1.86 bits per heavy atom. The van der Waals surface area contributed by atoms with Gasteiger partial charge >= 0.3 is 5.97 Å². The summed E-state index contributed by atoms with van der Waals surface area (Å²) in [6, 6.07) is 6.04.